The third kappa shape index (κ3) is 4.04. The van der Waals surface area contributed by atoms with Crippen LogP contribution in [0.4, 0.5) is 10.8 Å². The van der Waals surface area contributed by atoms with Crippen molar-refractivity contribution >= 4 is 34.0 Å². The first-order valence-corrected chi connectivity index (χ1v) is 9.96. The summed E-state index contributed by atoms with van der Waals surface area (Å²) < 4.78 is 5.07. The molecule has 1 aliphatic rings. The standard InChI is InChI=1S/C19H21N3O5S/c1-3-27-18(24)16-12(2)20-19(28-16)21(14-6-4-5-7-14)17(23)13-8-10-15(11-9-13)22(25)26/h8-11,14H,3-7H2,1-2H3. The molecule has 2 aromatic rings. The Morgan fingerprint density at radius 2 is 1.93 bits per heavy atom. The Morgan fingerprint density at radius 1 is 1.29 bits per heavy atom. The number of thiazole rings is 1. The Kier molecular flexibility index (Phi) is 6.03. The number of aromatic nitrogens is 1. The molecule has 0 spiro atoms. The molecule has 1 saturated carbocycles. The summed E-state index contributed by atoms with van der Waals surface area (Å²) in [4.78, 5) is 42.2. The zero-order valence-corrected chi connectivity index (χ0v) is 16.5. The van der Waals surface area contributed by atoms with E-state index in [1.54, 1.807) is 18.7 Å². The number of aryl methyl sites for hydroxylation is 1. The maximum Gasteiger partial charge on any atom is 0.350 e. The van der Waals surface area contributed by atoms with Gasteiger partial charge in [-0.05, 0) is 38.8 Å². The van der Waals surface area contributed by atoms with Crippen molar-refractivity contribution in [3.63, 3.8) is 0 Å². The molecule has 0 radical (unpaired) electrons. The molecule has 1 amide bonds. The second-order valence-electron chi connectivity index (χ2n) is 6.55. The summed E-state index contributed by atoms with van der Waals surface area (Å²) in [5.74, 6) is -0.719. The normalized spacial score (nSPS) is 14.1. The molecule has 3 rings (SSSR count). The largest absolute Gasteiger partial charge is 0.462 e. The molecule has 1 aromatic heterocycles. The van der Waals surface area contributed by atoms with E-state index in [0.717, 1.165) is 37.0 Å². The van der Waals surface area contributed by atoms with Gasteiger partial charge in [-0.1, -0.05) is 24.2 Å². The van der Waals surface area contributed by atoms with Crippen LogP contribution in [0.1, 0.15) is 58.3 Å². The van der Waals surface area contributed by atoms with Gasteiger partial charge in [0.1, 0.15) is 4.88 Å². The van der Waals surface area contributed by atoms with Gasteiger partial charge in [0.15, 0.2) is 5.13 Å². The van der Waals surface area contributed by atoms with Gasteiger partial charge in [-0.3, -0.25) is 19.8 Å². The number of hydrogen-bond donors (Lipinski definition) is 0. The van der Waals surface area contributed by atoms with E-state index in [1.807, 2.05) is 0 Å². The van der Waals surface area contributed by atoms with E-state index in [0.29, 0.717) is 21.3 Å². The number of rotatable bonds is 6. The van der Waals surface area contributed by atoms with Crippen LogP contribution in [0.5, 0.6) is 0 Å². The molecule has 0 bridgehead atoms. The quantitative estimate of drug-likeness (QED) is 0.408. The van der Waals surface area contributed by atoms with Crippen molar-refractivity contribution < 1.29 is 19.2 Å². The smallest absolute Gasteiger partial charge is 0.350 e. The molecule has 28 heavy (non-hydrogen) atoms. The van der Waals surface area contributed by atoms with Crippen LogP contribution in [0.3, 0.4) is 0 Å². The molecule has 0 N–H and O–H groups in total. The molecule has 148 valence electrons. The number of carbonyl (C=O) groups is 2. The van der Waals surface area contributed by atoms with E-state index in [2.05, 4.69) is 4.98 Å². The van der Waals surface area contributed by atoms with E-state index >= 15 is 0 Å². The summed E-state index contributed by atoms with van der Waals surface area (Å²) in [7, 11) is 0. The third-order valence-electron chi connectivity index (χ3n) is 4.69. The van der Waals surface area contributed by atoms with E-state index in [1.165, 1.54) is 24.3 Å². The van der Waals surface area contributed by atoms with Crippen molar-refractivity contribution in [3.8, 4) is 0 Å². The van der Waals surface area contributed by atoms with Crippen LogP contribution in [0, 0.1) is 17.0 Å². The van der Waals surface area contributed by atoms with Gasteiger partial charge >= 0.3 is 5.97 Å². The first-order chi connectivity index (χ1) is 13.4. The molecule has 1 fully saturated rings. The van der Waals surface area contributed by atoms with Crippen LogP contribution in [-0.2, 0) is 4.74 Å². The predicted molar refractivity (Wildman–Crippen MR) is 105 cm³/mol. The number of carbonyl (C=O) groups excluding carboxylic acids is 2. The fourth-order valence-electron chi connectivity index (χ4n) is 3.31. The van der Waals surface area contributed by atoms with Crippen molar-refractivity contribution in [2.75, 3.05) is 11.5 Å². The van der Waals surface area contributed by atoms with Crippen LogP contribution in [0.15, 0.2) is 24.3 Å². The predicted octanol–water partition coefficient (Wildman–Crippen LogP) is 4.13. The fraction of sp³-hybridized carbons (Fsp3) is 0.421. The van der Waals surface area contributed by atoms with E-state index in [-0.39, 0.29) is 24.2 Å². The van der Waals surface area contributed by atoms with Gasteiger partial charge < -0.3 is 4.74 Å². The lowest BCUT2D eigenvalue weighted by atomic mass is 10.1. The van der Waals surface area contributed by atoms with E-state index in [4.69, 9.17) is 4.74 Å². The molecule has 9 heteroatoms. The maximum absolute atomic E-state index is 13.2. The SMILES string of the molecule is CCOC(=O)c1sc(N(C(=O)c2ccc([N+](=O)[O-])cc2)C2CCCC2)nc1C. The second-order valence-corrected chi connectivity index (χ2v) is 7.53. The Labute approximate surface area is 166 Å². The van der Waals surface area contributed by atoms with Crippen molar-refractivity contribution in [2.24, 2.45) is 0 Å². The van der Waals surface area contributed by atoms with Gasteiger partial charge in [0.25, 0.3) is 11.6 Å². The first-order valence-electron chi connectivity index (χ1n) is 9.15. The van der Waals surface area contributed by atoms with Crippen molar-refractivity contribution in [1.29, 1.82) is 0 Å². The van der Waals surface area contributed by atoms with E-state index < -0.39 is 10.9 Å². The number of hydrogen-bond acceptors (Lipinski definition) is 7. The monoisotopic (exact) mass is 403 g/mol. The minimum Gasteiger partial charge on any atom is -0.462 e. The van der Waals surface area contributed by atoms with Gasteiger partial charge in [0, 0.05) is 23.7 Å². The lowest BCUT2D eigenvalue weighted by Crippen LogP contribution is -2.39. The topological polar surface area (TPSA) is 103 Å². The lowest BCUT2D eigenvalue weighted by molar-refractivity contribution is -0.384. The van der Waals surface area contributed by atoms with Crippen molar-refractivity contribution in [1.82, 2.24) is 4.98 Å². The highest BCUT2D eigenvalue weighted by Gasteiger charge is 2.32. The number of benzene rings is 1. The maximum atomic E-state index is 13.2. The van der Waals surface area contributed by atoms with Crippen LogP contribution >= 0.6 is 11.3 Å². The summed E-state index contributed by atoms with van der Waals surface area (Å²) >= 11 is 1.14. The zero-order chi connectivity index (χ0) is 20.3. The lowest BCUT2D eigenvalue weighted by Gasteiger charge is -2.26. The van der Waals surface area contributed by atoms with Crippen LogP contribution in [0.25, 0.3) is 0 Å². The first kappa shape index (κ1) is 19.9. The molecule has 0 aliphatic heterocycles. The van der Waals surface area contributed by atoms with Crippen LogP contribution < -0.4 is 4.90 Å². The van der Waals surface area contributed by atoms with Crippen molar-refractivity contribution in [2.45, 2.75) is 45.6 Å². The summed E-state index contributed by atoms with van der Waals surface area (Å²) in [6, 6.07) is 5.53. The van der Waals surface area contributed by atoms with Crippen LogP contribution in [-0.4, -0.2) is 34.4 Å². The van der Waals surface area contributed by atoms with Gasteiger partial charge in [-0.2, -0.15) is 0 Å². The average molecular weight is 403 g/mol. The summed E-state index contributed by atoms with van der Waals surface area (Å²) in [6.45, 7) is 3.72. The number of nitro groups is 1. The summed E-state index contributed by atoms with van der Waals surface area (Å²) in [5, 5.41) is 11.3. The average Bonchev–Trinajstić information content (AvgIpc) is 3.32. The molecule has 1 aromatic carbocycles. The molecule has 0 saturated heterocycles. The third-order valence-corrected chi connectivity index (χ3v) is 5.82. The molecule has 1 heterocycles. The number of esters is 1. The number of nitrogens with zero attached hydrogens (tertiary/aromatic N) is 3. The summed E-state index contributed by atoms with van der Waals surface area (Å²) in [5.41, 5.74) is 0.805. The Bertz CT molecular complexity index is 887. The summed E-state index contributed by atoms with van der Waals surface area (Å²) in [6.07, 6.45) is 3.74. The number of amides is 1. The highest BCUT2D eigenvalue weighted by Crippen LogP contribution is 2.34. The van der Waals surface area contributed by atoms with Gasteiger partial charge in [-0.15, -0.1) is 0 Å². The second kappa shape index (κ2) is 8.47. The molecular formula is C19H21N3O5S. The number of non-ortho nitro benzene ring substituents is 1. The number of ether oxygens (including phenoxy) is 1. The molecule has 0 unspecified atom stereocenters. The highest BCUT2D eigenvalue weighted by atomic mass is 32.1. The van der Waals surface area contributed by atoms with Crippen molar-refractivity contribution in [3.05, 3.63) is 50.5 Å². The van der Waals surface area contributed by atoms with Gasteiger partial charge in [0.2, 0.25) is 0 Å². The number of anilines is 1. The molecule has 1 aliphatic carbocycles. The Hall–Kier alpha value is -2.81. The highest BCUT2D eigenvalue weighted by molar-refractivity contribution is 7.17. The Morgan fingerprint density at radius 3 is 2.50 bits per heavy atom. The van der Waals surface area contributed by atoms with Crippen LogP contribution in [0.2, 0.25) is 0 Å². The zero-order valence-electron chi connectivity index (χ0n) is 15.7. The number of nitro benzene ring substituents is 1. The Balaban J connectivity index is 1.95. The van der Waals surface area contributed by atoms with Gasteiger partial charge in [0.05, 0.1) is 17.2 Å². The molecule has 0 atom stereocenters. The van der Waals surface area contributed by atoms with E-state index in [9.17, 15) is 19.7 Å². The fourth-order valence-corrected chi connectivity index (χ4v) is 4.34. The molecular weight excluding hydrogens is 382 g/mol. The van der Waals surface area contributed by atoms with Gasteiger partial charge in [-0.25, -0.2) is 9.78 Å². The minimum absolute atomic E-state index is 0.0108. The minimum atomic E-state index is -0.501. The molecule has 8 nitrogen and oxygen atoms in total.